The van der Waals surface area contributed by atoms with Gasteiger partial charge in [-0.25, -0.2) is 0 Å². The second kappa shape index (κ2) is 7.57. The number of imide groups is 2. The molecule has 3 fully saturated rings. The van der Waals surface area contributed by atoms with Crippen molar-refractivity contribution in [1.29, 1.82) is 0 Å². The predicted octanol–water partition coefficient (Wildman–Crippen LogP) is -0.823. The van der Waals surface area contributed by atoms with Gasteiger partial charge >= 0.3 is 0 Å². The van der Waals surface area contributed by atoms with Gasteiger partial charge in [-0.1, -0.05) is 12.1 Å². The summed E-state index contributed by atoms with van der Waals surface area (Å²) in [4.78, 5) is 55.7. The van der Waals surface area contributed by atoms with E-state index in [1.54, 1.807) is 12.1 Å². The van der Waals surface area contributed by atoms with Crippen molar-refractivity contribution in [3.8, 4) is 0 Å². The fourth-order valence-electron chi connectivity index (χ4n) is 4.78. The number of piperidine rings is 1. The van der Waals surface area contributed by atoms with Crippen molar-refractivity contribution >= 4 is 23.6 Å². The van der Waals surface area contributed by atoms with E-state index in [1.807, 2.05) is 6.07 Å². The van der Waals surface area contributed by atoms with Crippen LogP contribution in [0, 0.1) is 0 Å². The average molecular weight is 411 g/mol. The maximum atomic E-state index is 13.2. The predicted molar refractivity (Wildman–Crippen MR) is 107 cm³/mol. The van der Waals surface area contributed by atoms with Crippen LogP contribution < -0.4 is 10.6 Å². The molecular formula is C21H25N5O4. The maximum Gasteiger partial charge on any atom is 0.262 e. The molecule has 1 aromatic carbocycles. The van der Waals surface area contributed by atoms with Crippen LogP contribution in [0.3, 0.4) is 0 Å². The summed E-state index contributed by atoms with van der Waals surface area (Å²) in [7, 11) is 0. The Morgan fingerprint density at radius 3 is 2.40 bits per heavy atom. The zero-order valence-corrected chi connectivity index (χ0v) is 16.7. The summed E-state index contributed by atoms with van der Waals surface area (Å²) in [5.41, 5.74) is 1.57. The molecule has 1 atom stereocenters. The standard InChI is InChI=1S/C21H25N5O4/c27-17-5-4-16(19(28)23-17)26-20(29)15-3-1-2-13(18(15)21(26)30)12-24-6-8-25(9-7-24)14-10-22-11-14/h1-3,14,16,22H,4-12H2,(H,23,27,28). The molecule has 30 heavy (non-hydrogen) atoms. The van der Waals surface area contributed by atoms with E-state index in [0.717, 1.165) is 49.7 Å². The molecule has 2 N–H and O–H groups in total. The van der Waals surface area contributed by atoms with Gasteiger partial charge in [-0.3, -0.25) is 39.2 Å². The molecule has 3 saturated heterocycles. The Balaban J connectivity index is 1.32. The second-order valence-corrected chi connectivity index (χ2v) is 8.41. The number of nitrogens with one attached hydrogen (secondary N) is 2. The molecule has 1 unspecified atom stereocenters. The van der Waals surface area contributed by atoms with E-state index in [-0.39, 0.29) is 18.7 Å². The number of hydrogen-bond acceptors (Lipinski definition) is 7. The zero-order chi connectivity index (χ0) is 20.8. The highest BCUT2D eigenvalue weighted by atomic mass is 16.2. The van der Waals surface area contributed by atoms with Crippen molar-refractivity contribution in [2.45, 2.75) is 31.5 Å². The number of piperazine rings is 1. The molecule has 0 radical (unpaired) electrons. The lowest BCUT2D eigenvalue weighted by atomic mass is 10.0. The van der Waals surface area contributed by atoms with Crippen molar-refractivity contribution in [1.82, 2.24) is 25.3 Å². The number of nitrogens with zero attached hydrogens (tertiary/aromatic N) is 3. The number of amides is 4. The number of carbonyl (C=O) groups excluding carboxylic acids is 4. The molecule has 4 aliphatic heterocycles. The van der Waals surface area contributed by atoms with Crippen LogP contribution in [-0.2, 0) is 16.1 Å². The van der Waals surface area contributed by atoms with Crippen molar-refractivity contribution < 1.29 is 19.2 Å². The smallest absolute Gasteiger partial charge is 0.262 e. The van der Waals surface area contributed by atoms with Crippen LogP contribution in [0.25, 0.3) is 0 Å². The van der Waals surface area contributed by atoms with Crippen LogP contribution in [0.15, 0.2) is 18.2 Å². The van der Waals surface area contributed by atoms with Crippen LogP contribution in [0.1, 0.15) is 39.1 Å². The lowest BCUT2D eigenvalue weighted by molar-refractivity contribution is -0.136. The molecule has 0 spiro atoms. The molecule has 4 heterocycles. The third-order valence-corrected chi connectivity index (χ3v) is 6.63. The van der Waals surface area contributed by atoms with E-state index in [1.165, 1.54) is 0 Å². The van der Waals surface area contributed by atoms with Gasteiger partial charge in [-0.15, -0.1) is 0 Å². The van der Waals surface area contributed by atoms with Gasteiger partial charge in [0.1, 0.15) is 6.04 Å². The van der Waals surface area contributed by atoms with Crippen LogP contribution in [0.2, 0.25) is 0 Å². The number of carbonyl (C=O) groups is 4. The maximum absolute atomic E-state index is 13.2. The van der Waals surface area contributed by atoms with E-state index in [9.17, 15) is 19.2 Å². The summed E-state index contributed by atoms with van der Waals surface area (Å²) in [5, 5.41) is 5.54. The summed E-state index contributed by atoms with van der Waals surface area (Å²) in [6.07, 6.45) is 0.293. The first-order valence-corrected chi connectivity index (χ1v) is 10.5. The fourth-order valence-corrected chi connectivity index (χ4v) is 4.78. The molecule has 158 valence electrons. The number of hydrogen-bond donors (Lipinski definition) is 2. The molecule has 5 rings (SSSR count). The Morgan fingerprint density at radius 1 is 0.967 bits per heavy atom. The first-order chi connectivity index (χ1) is 14.5. The van der Waals surface area contributed by atoms with Gasteiger partial charge in [0, 0.05) is 58.3 Å². The van der Waals surface area contributed by atoms with Gasteiger partial charge in [0.2, 0.25) is 11.8 Å². The first-order valence-electron chi connectivity index (χ1n) is 10.5. The highest BCUT2D eigenvalue weighted by Crippen LogP contribution is 2.30. The monoisotopic (exact) mass is 411 g/mol. The van der Waals surface area contributed by atoms with Gasteiger partial charge in [0.15, 0.2) is 0 Å². The number of benzene rings is 1. The quantitative estimate of drug-likeness (QED) is 0.624. The third-order valence-electron chi connectivity index (χ3n) is 6.63. The highest BCUT2D eigenvalue weighted by Gasteiger charge is 2.45. The summed E-state index contributed by atoms with van der Waals surface area (Å²) < 4.78 is 0. The fraction of sp³-hybridized carbons (Fsp3) is 0.524. The zero-order valence-electron chi connectivity index (χ0n) is 16.7. The molecule has 0 aromatic heterocycles. The van der Waals surface area contributed by atoms with Crippen molar-refractivity contribution in [2.24, 2.45) is 0 Å². The van der Waals surface area contributed by atoms with Crippen molar-refractivity contribution in [2.75, 3.05) is 39.3 Å². The van der Waals surface area contributed by atoms with Crippen LogP contribution in [0.5, 0.6) is 0 Å². The SMILES string of the molecule is O=C1CCC(N2C(=O)c3cccc(CN4CCN(C5CNC5)CC4)c3C2=O)C(=O)N1. The van der Waals surface area contributed by atoms with Gasteiger partial charge in [0.25, 0.3) is 11.8 Å². The van der Waals surface area contributed by atoms with Crippen LogP contribution >= 0.6 is 0 Å². The van der Waals surface area contributed by atoms with Crippen LogP contribution in [0.4, 0.5) is 0 Å². The Morgan fingerprint density at radius 2 is 1.73 bits per heavy atom. The lowest BCUT2D eigenvalue weighted by Gasteiger charge is -2.43. The van der Waals surface area contributed by atoms with Crippen molar-refractivity contribution in [3.63, 3.8) is 0 Å². The van der Waals surface area contributed by atoms with Gasteiger partial charge in [0.05, 0.1) is 11.1 Å². The average Bonchev–Trinajstić information content (AvgIpc) is 2.94. The third kappa shape index (κ3) is 3.23. The van der Waals surface area contributed by atoms with Gasteiger partial charge < -0.3 is 5.32 Å². The summed E-state index contributed by atoms with van der Waals surface area (Å²) in [6, 6.07) is 5.04. The molecule has 9 heteroatoms. The minimum absolute atomic E-state index is 0.122. The minimum atomic E-state index is -0.928. The minimum Gasteiger partial charge on any atom is -0.314 e. The molecule has 4 amide bonds. The summed E-state index contributed by atoms with van der Waals surface area (Å²) in [5.74, 6) is -1.83. The number of rotatable bonds is 4. The Hall–Kier alpha value is -2.62. The molecule has 4 aliphatic rings. The van der Waals surface area contributed by atoms with Crippen LogP contribution in [-0.4, -0.2) is 89.7 Å². The Bertz CT molecular complexity index is 920. The molecule has 9 nitrogen and oxygen atoms in total. The summed E-state index contributed by atoms with van der Waals surface area (Å²) >= 11 is 0. The Kier molecular flexibility index (Phi) is 4.88. The molecule has 1 aromatic rings. The van der Waals surface area contributed by atoms with Gasteiger partial charge in [-0.05, 0) is 18.1 Å². The van der Waals surface area contributed by atoms with E-state index >= 15 is 0 Å². The second-order valence-electron chi connectivity index (χ2n) is 8.41. The topological polar surface area (TPSA) is 102 Å². The van der Waals surface area contributed by atoms with Crippen molar-refractivity contribution in [3.05, 3.63) is 34.9 Å². The molecule has 0 bridgehead atoms. The normalized spacial score (nSPS) is 26.0. The molecular weight excluding hydrogens is 386 g/mol. The largest absolute Gasteiger partial charge is 0.314 e. The van der Waals surface area contributed by atoms with Gasteiger partial charge in [-0.2, -0.15) is 0 Å². The summed E-state index contributed by atoms with van der Waals surface area (Å²) in [6.45, 7) is 6.53. The highest BCUT2D eigenvalue weighted by molar-refractivity contribution is 6.24. The lowest BCUT2D eigenvalue weighted by Crippen LogP contribution is -2.61. The Labute approximate surface area is 174 Å². The number of fused-ring (bicyclic) bond motifs is 1. The van der Waals surface area contributed by atoms with E-state index in [4.69, 9.17) is 0 Å². The van der Waals surface area contributed by atoms with E-state index in [0.29, 0.717) is 23.7 Å². The van der Waals surface area contributed by atoms with E-state index < -0.39 is 23.8 Å². The molecule has 0 saturated carbocycles. The first kappa shape index (κ1) is 19.3. The van der Waals surface area contributed by atoms with E-state index in [2.05, 4.69) is 20.4 Å². The molecule has 0 aliphatic carbocycles.